The Bertz CT molecular complexity index is 233. The molecule has 3 N–H and O–H groups in total. The third-order valence-electron chi connectivity index (χ3n) is 3.65. The Morgan fingerprint density at radius 1 is 1.05 bits per heavy atom. The molecule has 0 aromatic rings. The summed E-state index contributed by atoms with van der Waals surface area (Å²) in [4.78, 5) is 11.9. The maximum absolute atomic E-state index is 11.9. The molecule has 1 atom stereocenters. The summed E-state index contributed by atoms with van der Waals surface area (Å²) in [5.74, 6) is 0.202. The van der Waals surface area contributed by atoms with Gasteiger partial charge in [0.25, 0.3) is 0 Å². The summed E-state index contributed by atoms with van der Waals surface area (Å²) < 4.78 is 0. The molecular weight excluding hydrogens is 238 g/mol. The van der Waals surface area contributed by atoms with Crippen molar-refractivity contribution in [2.24, 2.45) is 0 Å². The molecule has 1 amide bonds. The number of hydrogen-bond acceptors (Lipinski definition) is 3. The highest BCUT2D eigenvalue weighted by Gasteiger charge is 2.13. The molecule has 4 nitrogen and oxygen atoms in total. The Kier molecular flexibility index (Phi) is 9.72. The number of amides is 1. The van der Waals surface area contributed by atoms with Crippen molar-refractivity contribution in [3.63, 3.8) is 0 Å². The van der Waals surface area contributed by atoms with Crippen LogP contribution in [0, 0.1) is 0 Å². The van der Waals surface area contributed by atoms with Gasteiger partial charge in [-0.25, -0.2) is 0 Å². The van der Waals surface area contributed by atoms with Gasteiger partial charge in [-0.1, -0.05) is 26.2 Å². The first-order valence-corrected chi connectivity index (χ1v) is 8.03. The lowest BCUT2D eigenvalue weighted by Crippen LogP contribution is -2.36. The van der Waals surface area contributed by atoms with Crippen molar-refractivity contribution in [1.82, 2.24) is 16.0 Å². The number of carbonyl (C=O) groups excluding carboxylic acids is 1. The van der Waals surface area contributed by atoms with Crippen molar-refractivity contribution in [1.29, 1.82) is 0 Å². The van der Waals surface area contributed by atoms with E-state index in [1.54, 1.807) is 0 Å². The molecule has 19 heavy (non-hydrogen) atoms. The molecule has 0 bridgehead atoms. The van der Waals surface area contributed by atoms with Gasteiger partial charge in [0.15, 0.2) is 0 Å². The maximum Gasteiger partial charge on any atom is 0.221 e. The predicted molar refractivity (Wildman–Crippen MR) is 80.3 cm³/mol. The SMILES string of the molecule is CCCCCC1CC(=O)NCCCNCCCCN1. The van der Waals surface area contributed by atoms with E-state index in [1.165, 1.54) is 32.1 Å². The molecule has 1 heterocycles. The van der Waals surface area contributed by atoms with Gasteiger partial charge in [-0.15, -0.1) is 0 Å². The average Bonchev–Trinajstić information content (AvgIpc) is 2.41. The largest absolute Gasteiger partial charge is 0.356 e. The maximum atomic E-state index is 11.9. The van der Waals surface area contributed by atoms with Gasteiger partial charge in [0.2, 0.25) is 5.91 Å². The van der Waals surface area contributed by atoms with Gasteiger partial charge in [0.05, 0.1) is 0 Å². The van der Waals surface area contributed by atoms with Gasteiger partial charge >= 0.3 is 0 Å². The van der Waals surface area contributed by atoms with Crippen LogP contribution in [0.2, 0.25) is 0 Å². The lowest BCUT2D eigenvalue weighted by Gasteiger charge is -2.18. The third kappa shape index (κ3) is 9.00. The van der Waals surface area contributed by atoms with E-state index in [0.717, 1.165) is 39.0 Å². The van der Waals surface area contributed by atoms with Crippen molar-refractivity contribution >= 4 is 5.91 Å². The summed E-state index contributed by atoms with van der Waals surface area (Å²) in [6.07, 6.45) is 8.93. The van der Waals surface area contributed by atoms with Crippen molar-refractivity contribution in [3.8, 4) is 0 Å². The van der Waals surface area contributed by atoms with Crippen LogP contribution in [-0.4, -0.2) is 38.1 Å². The first-order valence-electron chi connectivity index (χ1n) is 8.03. The topological polar surface area (TPSA) is 53.2 Å². The molecule has 112 valence electrons. The predicted octanol–water partition coefficient (Wildman–Crippen LogP) is 1.80. The summed E-state index contributed by atoms with van der Waals surface area (Å²) >= 11 is 0. The molecule has 0 aliphatic carbocycles. The second kappa shape index (κ2) is 11.2. The molecular formula is C15H31N3O. The molecule has 0 aromatic heterocycles. The highest BCUT2D eigenvalue weighted by molar-refractivity contribution is 5.76. The zero-order valence-electron chi connectivity index (χ0n) is 12.5. The number of carbonyl (C=O) groups is 1. The molecule has 1 unspecified atom stereocenters. The van der Waals surface area contributed by atoms with E-state index in [1.807, 2.05) is 0 Å². The molecule has 0 aromatic carbocycles. The van der Waals surface area contributed by atoms with Gasteiger partial charge in [0.1, 0.15) is 0 Å². The van der Waals surface area contributed by atoms with Crippen LogP contribution in [0.15, 0.2) is 0 Å². The Hall–Kier alpha value is -0.610. The molecule has 0 spiro atoms. The minimum atomic E-state index is 0.202. The summed E-state index contributed by atoms with van der Waals surface area (Å²) in [6, 6.07) is 0.361. The fraction of sp³-hybridized carbons (Fsp3) is 0.933. The lowest BCUT2D eigenvalue weighted by molar-refractivity contribution is -0.121. The normalized spacial score (nSPS) is 23.8. The van der Waals surface area contributed by atoms with Gasteiger partial charge in [-0.05, 0) is 45.3 Å². The molecule has 1 aliphatic heterocycles. The summed E-state index contributed by atoms with van der Waals surface area (Å²) in [5, 5.41) is 9.99. The molecule has 4 heteroatoms. The fourth-order valence-electron chi connectivity index (χ4n) is 2.46. The van der Waals surface area contributed by atoms with E-state index < -0.39 is 0 Å². The first-order chi connectivity index (χ1) is 9.33. The quantitative estimate of drug-likeness (QED) is 0.682. The van der Waals surface area contributed by atoms with Crippen LogP contribution < -0.4 is 16.0 Å². The lowest BCUT2D eigenvalue weighted by atomic mass is 10.0. The van der Waals surface area contributed by atoms with Gasteiger partial charge in [-0.2, -0.15) is 0 Å². The third-order valence-corrected chi connectivity index (χ3v) is 3.65. The molecule has 1 aliphatic rings. The van der Waals surface area contributed by atoms with Crippen molar-refractivity contribution in [2.75, 3.05) is 26.2 Å². The monoisotopic (exact) mass is 269 g/mol. The standard InChI is InChI=1S/C15H31N3O/c1-2-3-4-8-14-13-15(19)18-12-7-10-16-9-5-6-11-17-14/h14,16-17H,2-13H2,1H3,(H,18,19). The Balaban J connectivity index is 2.34. The number of nitrogens with one attached hydrogen (secondary N) is 3. The number of rotatable bonds is 4. The number of hydrogen-bond donors (Lipinski definition) is 3. The van der Waals surface area contributed by atoms with Crippen LogP contribution in [0.3, 0.4) is 0 Å². The Labute approximate surface area is 118 Å². The van der Waals surface area contributed by atoms with Gasteiger partial charge in [-0.3, -0.25) is 4.79 Å². The average molecular weight is 269 g/mol. The molecule has 0 saturated carbocycles. The van der Waals surface area contributed by atoms with Crippen LogP contribution in [-0.2, 0) is 4.79 Å². The van der Waals surface area contributed by atoms with Gasteiger partial charge < -0.3 is 16.0 Å². The Morgan fingerprint density at radius 2 is 1.84 bits per heavy atom. The van der Waals surface area contributed by atoms with Crippen LogP contribution in [0.1, 0.15) is 58.3 Å². The molecule has 1 rings (SSSR count). The molecule has 1 saturated heterocycles. The Morgan fingerprint density at radius 3 is 2.68 bits per heavy atom. The highest BCUT2D eigenvalue weighted by atomic mass is 16.1. The van der Waals surface area contributed by atoms with Crippen LogP contribution >= 0.6 is 0 Å². The summed E-state index contributed by atoms with van der Waals surface area (Å²) in [6.45, 7) is 6.15. The second-order valence-electron chi connectivity index (χ2n) is 5.51. The second-order valence-corrected chi connectivity index (χ2v) is 5.51. The molecule has 1 fully saturated rings. The van der Waals surface area contributed by atoms with Crippen molar-refractivity contribution in [2.45, 2.75) is 64.3 Å². The smallest absolute Gasteiger partial charge is 0.221 e. The van der Waals surface area contributed by atoms with Gasteiger partial charge in [0, 0.05) is 19.0 Å². The van der Waals surface area contributed by atoms with Crippen molar-refractivity contribution < 1.29 is 4.79 Å². The van der Waals surface area contributed by atoms with Crippen molar-refractivity contribution in [3.05, 3.63) is 0 Å². The summed E-state index contributed by atoms with van der Waals surface area (Å²) in [5.41, 5.74) is 0. The summed E-state index contributed by atoms with van der Waals surface area (Å²) in [7, 11) is 0. The number of unbranched alkanes of at least 4 members (excludes halogenated alkanes) is 2. The zero-order chi connectivity index (χ0) is 13.8. The van der Waals surface area contributed by atoms with E-state index in [2.05, 4.69) is 22.9 Å². The van der Waals surface area contributed by atoms with E-state index in [9.17, 15) is 4.79 Å². The van der Waals surface area contributed by atoms with E-state index in [0.29, 0.717) is 12.5 Å². The van der Waals surface area contributed by atoms with Crippen LogP contribution in [0.25, 0.3) is 0 Å². The van der Waals surface area contributed by atoms with E-state index in [-0.39, 0.29) is 5.91 Å². The van der Waals surface area contributed by atoms with Crippen LogP contribution in [0.5, 0.6) is 0 Å². The van der Waals surface area contributed by atoms with E-state index >= 15 is 0 Å². The highest BCUT2D eigenvalue weighted by Crippen LogP contribution is 2.07. The minimum absolute atomic E-state index is 0.202. The first kappa shape index (κ1) is 16.4. The van der Waals surface area contributed by atoms with E-state index in [4.69, 9.17) is 0 Å². The zero-order valence-corrected chi connectivity index (χ0v) is 12.5. The minimum Gasteiger partial charge on any atom is -0.356 e. The fourth-order valence-corrected chi connectivity index (χ4v) is 2.46. The molecule has 0 radical (unpaired) electrons. The van der Waals surface area contributed by atoms with Crippen LogP contribution in [0.4, 0.5) is 0 Å².